The molecule has 0 saturated carbocycles. The highest BCUT2D eigenvalue weighted by atomic mass is 35.5. The molecule has 0 aliphatic heterocycles. The molecule has 0 radical (unpaired) electrons. The minimum atomic E-state index is -0.906. The molecule has 2 heterocycles. The third-order valence-corrected chi connectivity index (χ3v) is 4.52. The lowest BCUT2D eigenvalue weighted by Crippen LogP contribution is -2.25. The molecule has 0 bridgehead atoms. The first-order valence-electron chi connectivity index (χ1n) is 8.03. The number of hydrogen-bond acceptors (Lipinski definition) is 7. The Morgan fingerprint density at radius 1 is 1.22 bits per heavy atom. The fraction of sp³-hybridized carbons (Fsp3) is 0.294. The fourth-order valence-electron chi connectivity index (χ4n) is 2.42. The molecule has 0 saturated heterocycles. The van der Waals surface area contributed by atoms with Gasteiger partial charge in [-0.05, 0) is 24.6 Å². The zero-order chi connectivity index (χ0) is 19.6. The van der Waals surface area contributed by atoms with Crippen LogP contribution in [-0.4, -0.2) is 30.1 Å². The lowest BCUT2D eigenvalue weighted by atomic mass is 10.1. The zero-order valence-electron chi connectivity index (χ0n) is 14.2. The van der Waals surface area contributed by atoms with E-state index < -0.39 is 17.8 Å². The second-order valence-corrected chi connectivity index (χ2v) is 6.74. The van der Waals surface area contributed by atoms with Crippen LogP contribution in [0.25, 0.3) is 0 Å². The standard InChI is InChI=1S/C17H16Cl2N4O4/c1-9(24)12-7-20-23(17(26)16(12)19)8-15-21-14(22-27-15)6-13(25)10-2-4-11(18)5-3-10/h2-5,7,9,13,24-25H,6,8H2,1H3/t9-,13-/m0/s1. The van der Waals surface area contributed by atoms with E-state index >= 15 is 0 Å². The van der Waals surface area contributed by atoms with Crippen LogP contribution in [0.1, 0.15) is 42.0 Å². The Morgan fingerprint density at radius 3 is 2.59 bits per heavy atom. The van der Waals surface area contributed by atoms with Crippen molar-refractivity contribution < 1.29 is 14.7 Å². The van der Waals surface area contributed by atoms with E-state index in [9.17, 15) is 15.0 Å². The van der Waals surface area contributed by atoms with E-state index in [4.69, 9.17) is 27.7 Å². The third kappa shape index (κ3) is 4.54. The Kier molecular flexibility index (Phi) is 5.91. The quantitative estimate of drug-likeness (QED) is 0.640. The van der Waals surface area contributed by atoms with Gasteiger partial charge in [-0.15, -0.1) is 0 Å². The first-order chi connectivity index (χ1) is 12.8. The van der Waals surface area contributed by atoms with Crippen LogP contribution in [0.2, 0.25) is 10.0 Å². The number of nitrogens with zero attached hydrogens (tertiary/aromatic N) is 4. The molecule has 0 spiro atoms. The third-order valence-electron chi connectivity index (χ3n) is 3.89. The number of aliphatic hydroxyl groups excluding tert-OH is 2. The molecule has 2 aromatic heterocycles. The number of benzene rings is 1. The first kappa shape index (κ1) is 19.5. The summed E-state index contributed by atoms with van der Waals surface area (Å²) < 4.78 is 6.17. The fourth-order valence-corrected chi connectivity index (χ4v) is 2.85. The summed E-state index contributed by atoms with van der Waals surface area (Å²) in [6, 6.07) is 6.79. The average Bonchev–Trinajstić information content (AvgIpc) is 3.06. The Morgan fingerprint density at radius 2 is 1.93 bits per heavy atom. The largest absolute Gasteiger partial charge is 0.389 e. The maximum absolute atomic E-state index is 12.2. The van der Waals surface area contributed by atoms with E-state index in [1.807, 2.05) is 0 Å². The van der Waals surface area contributed by atoms with Crippen LogP contribution in [0.4, 0.5) is 0 Å². The van der Waals surface area contributed by atoms with Crippen molar-refractivity contribution in [3.8, 4) is 0 Å². The maximum Gasteiger partial charge on any atom is 0.286 e. The summed E-state index contributed by atoms with van der Waals surface area (Å²) in [7, 11) is 0. The highest BCUT2D eigenvalue weighted by Crippen LogP contribution is 2.20. The summed E-state index contributed by atoms with van der Waals surface area (Å²) in [5.41, 5.74) is 0.343. The SMILES string of the molecule is C[C@H](O)c1cnn(Cc2nc(C[C@H](O)c3ccc(Cl)cc3)no2)c(=O)c1Cl. The van der Waals surface area contributed by atoms with E-state index in [1.54, 1.807) is 24.3 Å². The molecule has 10 heteroatoms. The van der Waals surface area contributed by atoms with Gasteiger partial charge in [0.1, 0.15) is 11.6 Å². The van der Waals surface area contributed by atoms with Crippen LogP contribution in [0.5, 0.6) is 0 Å². The molecule has 27 heavy (non-hydrogen) atoms. The average molecular weight is 411 g/mol. The van der Waals surface area contributed by atoms with Gasteiger partial charge in [-0.25, -0.2) is 4.68 Å². The van der Waals surface area contributed by atoms with Gasteiger partial charge >= 0.3 is 0 Å². The molecule has 142 valence electrons. The highest BCUT2D eigenvalue weighted by molar-refractivity contribution is 6.31. The molecule has 0 amide bonds. The molecule has 3 rings (SSSR count). The number of rotatable bonds is 6. The van der Waals surface area contributed by atoms with E-state index in [0.717, 1.165) is 4.68 Å². The summed E-state index contributed by atoms with van der Waals surface area (Å²) in [5, 5.41) is 28.0. The van der Waals surface area contributed by atoms with Crippen molar-refractivity contribution in [2.75, 3.05) is 0 Å². The van der Waals surface area contributed by atoms with Gasteiger partial charge in [0.05, 0.1) is 18.4 Å². The molecular formula is C17H16Cl2N4O4. The van der Waals surface area contributed by atoms with Gasteiger partial charge in [0.25, 0.3) is 5.56 Å². The van der Waals surface area contributed by atoms with Crippen LogP contribution in [0.3, 0.4) is 0 Å². The van der Waals surface area contributed by atoms with E-state index in [-0.39, 0.29) is 35.3 Å². The molecule has 0 aliphatic rings. The van der Waals surface area contributed by atoms with Crippen molar-refractivity contribution in [3.63, 3.8) is 0 Å². The van der Waals surface area contributed by atoms with Crippen molar-refractivity contribution in [2.24, 2.45) is 0 Å². The molecule has 3 aromatic rings. The van der Waals surface area contributed by atoms with E-state index in [0.29, 0.717) is 10.6 Å². The Hall–Kier alpha value is -2.26. The first-order valence-corrected chi connectivity index (χ1v) is 8.79. The Balaban J connectivity index is 1.72. The molecule has 0 fully saturated rings. The molecule has 0 unspecified atom stereocenters. The second kappa shape index (κ2) is 8.18. The van der Waals surface area contributed by atoms with Gasteiger partial charge in [-0.1, -0.05) is 40.5 Å². The molecule has 8 nitrogen and oxygen atoms in total. The van der Waals surface area contributed by atoms with Crippen molar-refractivity contribution in [2.45, 2.75) is 32.1 Å². The molecular weight excluding hydrogens is 395 g/mol. The molecule has 2 N–H and O–H groups in total. The lowest BCUT2D eigenvalue weighted by Gasteiger charge is -2.08. The zero-order valence-corrected chi connectivity index (χ0v) is 15.7. The van der Waals surface area contributed by atoms with Gasteiger partial charge in [0, 0.05) is 17.0 Å². The predicted octanol–water partition coefficient (Wildman–Crippen LogP) is 2.31. The van der Waals surface area contributed by atoms with Gasteiger partial charge in [0.2, 0.25) is 5.89 Å². The van der Waals surface area contributed by atoms with Crippen molar-refractivity contribution in [1.29, 1.82) is 0 Å². The van der Waals surface area contributed by atoms with E-state index in [2.05, 4.69) is 15.2 Å². The van der Waals surface area contributed by atoms with Crippen LogP contribution < -0.4 is 5.56 Å². The minimum absolute atomic E-state index is 0.0807. The van der Waals surface area contributed by atoms with Gasteiger partial charge in [-0.2, -0.15) is 10.1 Å². The lowest BCUT2D eigenvalue weighted by molar-refractivity contribution is 0.174. The summed E-state index contributed by atoms with van der Waals surface area (Å²) in [5.74, 6) is 0.427. The van der Waals surface area contributed by atoms with Crippen LogP contribution >= 0.6 is 23.2 Å². The molecule has 1 aromatic carbocycles. The summed E-state index contributed by atoms with van der Waals surface area (Å²) in [4.78, 5) is 16.4. The van der Waals surface area contributed by atoms with Gasteiger partial charge < -0.3 is 14.7 Å². The van der Waals surface area contributed by atoms with Gasteiger partial charge in [0.15, 0.2) is 5.82 Å². The monoisotopic (exact) mass is 410 g/mol. The minimum Gasteiger partial charge on any atom is -0.389 e. The Bertz CT molecular complexity index is 985. The number of hydrogen-bond donors (Lipinski definition) is 2. The van der Waals surface area contributed by atoms with Crippen molar-refractivity contribution >= 4 is 23.2 Å². The number of aliphatic hydroxyl groups is 2. The number of halogens is 2. The van der Waals surface area contributed by atoms with Crippen LogP contribution in [-0.2, 0) is 13.0 Å². The smallest absolute Gasteiger partial charge is 0.286 e. The van der Waals surface area contributed by atoms with Crippen LogP contribution in [0, 0.1) is 0 Å². The van der Waals surface area contributed by atoms with Crippen molar-refractivity contribution in [1.82, 2.24) is 19.9 Å². The topological polar surface area (TPSA) is 114 Å². The van der Waals surface area contributed by atoms with Crippen LogP contribution in [0.15, 0.2) is 39.8 Å². The predicted molar refractivity (Wildman–Crippen MR) is 97.7 cm³/mol. The second-order valence-electron chi connectivity index (χ2n) is 5.93. The highest BCUT2D eigenvalue weighted by Gasteiger charge is 2.17. The number of aromatic nitrogens is 4. The summed E-state index contributed by atoms with van der Waals surface area (Å²) in [6.45, 7) is 1.41. The summed E-state index contributed by atoms with van der Waals surface area (Å²) in [6.07, 6.45) is -0.282. The van der Waals surface area contributed by atoms with Crippen molar-refractivity contribution in [3.05, 3.63) is 73.7 Å². The summed E-state index contributed by atoms with van der Waals surface area (Å²) >= 11 is 11.8. The maximum atomic E-state index is 12.2. The van der Waals surface area contributed by atoms with Gasteiger partial charge in [-0.3, -0.25) is 4.79 Å². The Labute approximate surface area is 164 Å². The normalized spacial score (nSPS) is 13.5. The molecule has 2 atom stereocenters. The molecule has 0 aliphatic carbocycles. The van der Waals surface area contributed by atoms with E-state index in [1.165, 1.54) is 13.1 Å².